The Hall–Kier alpha value is 0.531. The van der Waals surface area contributed by atoms with Crippen LogP contribution in [0, 0.1) is 34.5 Å². The molecular weight excluding hydrogens is 469 g/mol. The summed E-state index contributed by atoms with van der Waals surface area (Å²) in [6.07, 6.45) is 11.9. The fourth-order valence-corrected chi connectivity index (χ4v) is 12.4. The zero-order valence-corrected chi connectivity index (χ0v) is 27.4. The molecule has 0 N–H and O–H groups in total. The molecule has 5 unspecified atom stereocenters. The van der Waals surface area contributed by atoms with Crippen molar-refractivity contribution in [2.45, 2.75) is 142 Å². The summed E-state index contributed by atoms with van der Waals surface area (Å²) >= 11 is 0. The zero-order chi connectivity index (χ0) is 25.3. The SMILES string of the molecule is CC12CC[C@@H](O[Si](C)(C)C)C[C@@H]1CCC1C2CCC2(C)C1C[C@@H](O[Si](C)(C)C)[C@@H]2O[Si](C)(C)C. The van der Waals surface area contributed by atoms with E-state index in [1.54, 1.807) is 0 Å². The fourth-order valence-electron chi connectivity index (χ4n) is 8.92. The minimum Gasteiger partial charge on any atom is -0.415 e. The number of fused-ring (bicyclic) bond motifs is 5. The molecule has 4 aliphatic rings. The van der Waals surface area contributed by atoms with E-state index in [1.807, 2.05) is 0 Å². The van der Waals surface area contributed by atoms with Crippen LogP contribution in [-0.4, -0.2) is 43.3 Å². The molecule has 0 radical (unpaired) electrons. The molecular formula is C28H56O3Si3. The molecule has 0 saturated heterocycles. The van der Waals surface area contributed by atoms with Gasteiger partial charge in [0.1, 0.15) is 0 Å². The van der Waals surface area contributed by atoms with Crippen LogP contribution < -0.4 is 0 Å². The zero-order valence-electron chi connectivity index (χ0n) is 24.4. The predicted molar refractivity (Wildman–Crippen MR) is 152 cm³/mol. The van der Waals surface area contributed by atoms with E-state index in [-0.39, 0.29) is 5.41 Å². The monoisotopic (exact) mass is 524 g/mol. The van der Waals surface area contributed by atoms with Crippen LogP contribution in [0.2, 0.25) is 58.9 Å². The van der Waals surface area contributed by atoms with E-state index in [2.05, 4.69) is 72.8 Å². The van der Waals surface area contributed by atoms with Crippen molar-refractivity contribution in [3.8, 4) is 0 Å². The minimum atomic E-state index is -1.65. The van der Waals surface area contributed by atoms with Crippen molar-refractivity contribution in [2.75, 3.05) is 0 Å². The molecule has 0 aliphatic heterocycles. The number of hydrogen-bond acceptors (Lipinski definition) is 3. The summed E-state index contributed by atoms with van der Waals surface area (Å²) in [7, 11) is -4.74. The van der Waals surface area contributed by atoms with Crippen LogP contribution in [0.5, 0.6) is 0 Å². The topological polar surface area (TPSA) is 27.7 Å². The largest absolute Gasteiger partial charge is 0.415 e. The molecule has 0 aromatic carbocycles. The second-order valence-corrected chi connectivity index (χ2v) is 29.4. The molecule has 0 aromatic rings. The Morgan fingerprint density at radius 3 is 1.76 bits per heavy atom. The molecule has 4 aliphatic carbocycles. The first-order valence-electron chi connectivity index (χ1n) is 14.4. The van der Waals surface area contributed by atoms with Gasteiger partial charge in [-0.2, -0.15) is 0 Å². The molecule has 198 valence electrons. The van der Waals surface area contributed by atoms with E-state index in [9.17, 15) is 0 Å². The average molecular weight is 525 g/mol. The Kier molecular flexibility index (Phi) is 7.36. The lowest BCUT2D eigenvalue weighted by molar-refractivity contribution is -0.131. The molecule has 4 saturated carbocycles. The van der Waals surface area contributed by atoms with Crippen LogP contribution in [0.4, 0.5) is 0 Å². The number of hydrogen-bond donors (Lipinski definition) is 0. The third-order valence-corrected chi connectivity index (χ3v) is 13.0. The third-order valence-electron chi connectivity index (χ3n) is 10.0. The number of rotatable bonds is 6. The van der Waals surface area contributed by atoms with Crippen molar-refractivity contribution in [2.24, 2.45) is 34.5 Å². The molecule has 4 fully saturated rings. The van der Waals surface area contributed by atoms with Crippen LogP contribution in [0.25, 0.3) is 0 Å². The Balaban J connectivity index is 1.56. The van der Waals surface area contributed by atoms with Crippen LogP contribution in [-0.2, 0) is 13.3 Å². The summed E-state index contributed by atoms with van der Waals surface area (Å²) in [6, 6.07) is 0. The van der Waals surface area contributed by atoms with Gasteiger partial charge in [-0.3, -0.25) is 0 Å². The van der Waals surface area contributed by atoms with Crippen molar-refractivity contribution < 1.29 is 13.3 Å². The standard InChI is InChI=1S/C28H56O3Si3/c1-27-16-14-21(29-32(3,4)5)18-20(27)12-13-22-23(27)15-17-28(2)24(22)19-25(30-33(6,7)8)26(28)31-34(9,10)11/h20-26H,12-19H2,1-11H3/t20-,21+,22?,23?,24?,25+,26-,27?,28?/m0/s1. The molecule has 34 heavy (non-hydrogen) atoms. The summed E-state index contributed by atoms with van der Waals surface area (Å²) in [5.74, 6) is 3.37. The van der Waals surface area contributed by atoms with Gasteiger partial charge < -0.3 is 13.3 Å². The first kappa shape index (κ1) is 27.6. The predicted octanol–water partition coefficient (Wildman–Crippen LogP) is 8.30. The highest BCUT2D eigenvalue weighted by Gasteiger charge is 2.63. The smallest absolute Gasteiger partial charge is 0.184 e. The maximum Gasteiger partial charge on any atom is 0.184 e. The molecule has 0 bridgehead atoms. The molecule has 0 aromatic heterocycles. The van der Waals surface area contributed by atoms with E-state index in [4.69, 9.17) is 13.3 Å². The lowest BCUT2D eigenvalue weighted by atomic mass is 9.45. The maximum absolute atomic E-state index is 7.03. The van der Waals surface area contributed by atoms with Crippen LogP contribution in [0.3, 0.4) is 0 Å². The first-order valence-corrected chi connectivity index (χ1v) is 24.7. The Morgan fingerprint density at radius 1 is 0.588 bits per heavy atom. The van der Waals surface area contributed by atoms with Gasteiger partial charge >= 0.3 is 0 Å². The van der Waals surface area contributed by atoms with Crippen molar-refractivity contribution in [3.63, 3.8) is 0 Å². The lowest BCUT2D eigenvalue weighted by Crippen LogP contribution is -2.56. The maximum atomic E-state index is 7.03. The fraction of sp³-hybridized carbons (Fsp3) is 1.00. The van der Waals surface area contributed by atoms with E-state index >= 15 is 0 Å². The molecule has 0 heterocycles. The molecule has 9 atom stereocenters. The van der Waals surface area contributed by atoms with E-state index in [1.165, 1.54) is 51.4 Å². The van der Waals surface area contributed by atoms with Gasteiger partial charge in [-0.05, 0) is 145 Å². The second kappa shape index (κ2) is 9.07. The molecule has 6 heteroatoms. The highest BCUT2D eigenvalue weighted by Crippen LogP contribution is 2.67. The highest BCUT2D eigenvalue weighted by atomic mass is 28.4. The van der Waals surface area contributed by atoms with Gasteiger partial charge in [0, 0.05) is 6.10 Å². The normalized spacial score (nSPS) is 45.4. The second-order valence-electron chi connectivity index (χ2n) is 16.0. The van der Waals surface area contributed by atoms with Gasteiger partial charge in [-0.15, -0.1) is 0 Å². The van der Waals surface area contributed by atoms with Crippen molar-refractivity contribution in [3.05, 3.63) is 0 Å². The molecule has 0 amide bonds. The van der Waals surface area contributed by atoms with E-state index in [0.29, 0.717) is 23.7 Å². The van der Waals surface area contributed by atoms with Gasteiger partial charge in [0.05, 0.1) is 12.2 Å². The van der Waals surface area contributed by atoms with Gasteiger partial charge in [-0.25, -0.2) is 0 Å². The van der Waals surface area contributed by atoms with Gasteiger partial charge in [0.2, 0.25) is 0 Å². The minimum absolute atomic E-state index is 0.285. The van der Waals surface area contributed by atoms with Crippen molar-refractivity contribution >= 4 is 25.0 Å². The molecule has 0 spiro atoms. The summed E-state index contributed by atoms with van der Waals surface area (Å²) in [4.78, 5) is 0. The van der Waals surface area contributed by atoms with Crippen LogP contribution in [0.1, 0.15) is 65.2 Å². The first-order chi connectivity index (χ1) is 15.4. The molecule has 4 rings (SSSR count). The lowest BCUT2D eigenvalue weighted by Gasteiger charge is -2.61. The summed E-state index contributed by atoms with van der Waals surface area (Å²) < 4.78 is 20.6. The van der Waals surface area contributed by atoms with Gasteiger partial charge in [-0.1, -0.05) is 13.8 Å². The van der Waals surface area contributed by atoms with Crippen molar-refractivity contribution in [1.82, 2.24) is 0 Å². The van der Waals surface area contributed by atoms with Gasteiger partial charge in [0.25, 0.3) is 0 Å². The van der Waals surface area contributed by atoms with Crippen LogP contribution >= 0.6 is 0 Å². The highest BCUT2D eigenvalue weighted by molar-refractivity contribution is 6.70. The summed E-state index contributed by atoms with van der Waals surface area (Å²) in [5, 5.41) is 0. The van der Waals surface area contributed by atoms with Gasteiger partial charge in [0.15, 0.2) is 25.0 Å². The average Bonchev–Trinajstić information content (AvgIpc) is 2.90. The third kappa shape index (κ3) is 5.52. The van der Waals surface area contributed by atoms with E-state index < -0.39 is 25.0 Å². The molecule has 3 nitrogen and oxygen atoms in total. The Labute approximate surface area is 214 Å². The van der Waals surface area contributed by atoms with E-state index in [0.717, 1.165) is 23.7 Å². The summed E-state index contributed by atoms with van der Waals surface area (Å²) in [6.45, 7) is 26.5. The summed E-state index contributed by atoms with van der Waals surface area (Å²) in [5.41, 5.74) is 0.795. The quantitative estimate of drug-likeness (QED) is 0.327. The Bertz CT molecular complexity index is 739. The Morgan fingerprint density at radius 2 is 1.18 bits per heavy atom. The van der Waals surface area contributed by atoms with Crippen molar-refractivity contribution in [1.29, 1.82) is 0 Å². The van der Waals surface area contributed by atoms with Crippen LogP contribution in [0.15, 0.2) is 0 Å².